The maximum atomic E-state index is 10.4. The van der Waals surface area contributed by atoms with E-state index in [1.54, 1.807) is 0 Å². The number of aromatic nitrogens is 4. The second-order valence-corrected chi connectivity index (χ2v) is 5.04. The van der Waals surface area contributed by atoms with Gasteiger partial charge in [0, 0.05) is 0 Å². The molecule has 4 atom stereocenters. The van der Waals surface area contributed by atoms with Gasteiger partial charge in [-0.25, -0.2) is 14.6 Å². The summed E-state index contributed by atoms with van der Waals surface area (Å²) in [6.45, 7) is 0.948. The average molecular weight is 297 g/mol. The molecule has 2 aromatic rings. The van der Waals surface area contributed by atoms with Crippen LogP contribution >= 0.6 is 0 Å². The first-order valence-electron chi connectivity index (χ1n) is 6.25. The standard InChI is InChI=1S/C11H15N5O5/c1-11(19)7(18)6(3-17)21-10(11)16-9-5(2-14-16)8(15-20)12-4-13-9/h2,4,6-7,10,17-20H,3H2,1H3,(H,12,13,15)/t6-,7-,10-,11-/m1/s1. The van der Waals surface area contributed by atoms with Crippen molar-refractivity contribution in [1.82, 2.24) is 19.7 Å². The van der Waals surface area contributed by atoms with E-state index in [2.05, 4.69) is 15.1 Å². The lowest BCUT2D eigenvalue weighted by Crippen LogP contribution is -2.44. The van der Waals surface area contributed by atoms with Crippen molar-refractivity contribution in [3.05, 3.63) is 12.5 Å². The van der Waals surface area contributed by atoms with Gasteiger partial charge in [0.15, 0.2) is 17.7 Å². The molecular formula is C11H15N5O5. The molecule has 21 heavy (non-hydrogen) atoms. The van der Waals surface area contributed by atoms with Crippen molar-refractivity contribution in [3.63, 3.8) is 0 Å². The summed E-state index contributed by atoms with van der Waals surface area (Å²) in [5.74, 6) is 0.156. The highest BCUT2D eigenvalue weighted by atomic mass is 16.6. The van der Waals surface area contributed by atoms with E-state index in [9.17, 15) is 15.3 Å². The average Bonchev–Trinajstić information content (AvgIpc) is 2.99. The highest BCUT2D eigenvalue weighted by molar-refractivity contribution is 5.85. The van der Waals surface area contributed by atoms with Gasteiger partial charge in [-0.3, -0.25) is 10.7 Å². The Bertz CT molecular complexity index is 659. The van der Waals surface area contributed by atoms with Crippen LogP contribution in [-0.2, 0) is 4.74 Å². The molecule has 0 radical (unpaired) electrons. The lowest BCUT2D eigenvalue weighted by Gasteiger charge is -2.26. The van der Waals surface area contributed by atoms with E-state index in [1.807, 2.05) is 5.48 Å². The molecule has 1 fully saturated rings. The van der Waals surface area contributed by atoms with E-state index in [-0.39, 0.29) is 5.82 Å². The maximum Gasteiger partial charge on any atom is 0.183 e. The van der Waals surface area contributed by atoms with Crippen LogP contribution < -0.4 is 5.48 Å². The Labute approximate surface area is 118 Å². The van der Waals surface area contributed by atoms with E-state index in [4.69, 9.17) is 9.94 Å². The zero-order valence-corrected chi connectivity index (χ0v) is 11.1. The molecule has 1 aliphatic rings. The number of ether oxygens (including phenoxy) is 1. The first-order chi connectivity index (χ1) is 10.0. The second kappa shape index (κ2) is 4.86. The fourth-order valence-corrected chi connectivity index (χ4v) is 2.47. The number of fused-ring (bicyclic) bond motifs is 1. The van der Waals surface area contributed by atoms with Crippen molar-refractivity contribution in [2.24, 2.45) is 0 Å². The predicted molar refractivity (Wildman–Crippen MR) is 68.4 cm³/mol. The van der Waals surface area contributed by atoms with Crippen molar-refractivity contribution < 1.29 is 25.3 Å². The fraction of sp³-hybridized carbons (Fsp3) is 0.545. The topological polar surface area (TPSA) is 146 Å². The Morgan fingerprint density at radius 1 is 1.48 bits per heavy atom. The van der Waals surface area contributed by atoms with Crippen LogP contribution in [0.5, 0.6) is 0 Å². The molecule has 0 bridgehead atoms. The molecule has 0 aromatic carbocycles. The van der Waals surface area contributed by atoms with Gasteiger partial charge in [0.05, 0.1) is 18.2 Å². The van der Waals surface area contributed by atoms with Crippen molar-refractivity contribution in [2.45, 2.75) is 31.0 Å². The van der Waals surface area contributed by atoms with Crippen LogP contribution in [-0.4, -0.2) is 64.7 Å². The van der Waals surface area contributed by atoms with Crippen molar-refractivity contribution in [1.29, 1.82) is 0 Å². The lowest BCUT2D eigenvalue weighted by atomic mass is 9.97. The third-order valence-electron chi connectivity index (χ3n) is 3.65. The van der Waals surface area contributed by atoms with E-state index in [0.29, 0.717) is 11.0 Å². The van der Waals surface area contributed by atoms with E-state index < -0.39 is 30.6 Å². The number of nitrogens with zero attached hydrogens (tertiary/aromatic N) is 4. The third-order valence-corrected chi connectivity index (χ3v) is 3.65. The quantitative estimate of drug-likeness (QED) is 0.433. The second-order valence-electron chi connectivity index (χ2n) is 5.04. The third kappa shape index (κ3) is 1.96. The van der Waals surface area contributed by atoms with Gasteiger partial charge in [-0.2, -0.15) is 5.10 Å². The summed E-state index contributed by atoms with van der Waals surface area (Å²) in [6.07, 6.45) is -0.636. The molecule has 3 rings (SSSR count). The Kier molecular flexibility index (Phi) is 3.26. The Morgan fingerprint density at radius 3 is 2.86 bits per heavy atom. The summed E-state index contributed by atoms with van der Waals surface area (Å²) in [7, 11) is 0. The van der Waals surface area contributed by atoms with Crippen LogP contribution in [0.1, 0.15) is 13.2 Å². The molecular weight excluding hydrogens is 282 g/mol. The normalized spacial score (nSPS) is 32.7. The lowest BCUT2D eigenvalue weighted by molar-refractivity contribution is -0.100. The highest BCUT2D eigenvalue weighted by Crippen LogP contribution is 2.39. The molecule has 1 saturated heterocycles. The SMILES string of the molecule is C[C@@]1(O)[C@H](O)[C@@H](CO)O[C@H]1n1ncc2c(NO)ncnc21. The van der Waals surface area contributed by atoms with Crippen molar-refractivity contribution in [3.8, 4) is 0 Å². The molecule has 5 N–H and O–H groups in total. The van der Waals surface area contributed by atoms with Crippen molar-refractivity contribution in [2.75, 3.05) is 12.1 Å². The summed E-state index contributed by atoms with van der Waals surface area (Å²) in [6, 6.07) is 0. The largest absolute Gasteiger partial charge is 0.394 e. The number of rotatable bonds is 3. The molecule has 0 amide bonds. The van der Waals surface area contributed by atoms with Gasteiger partial charge in [0.1, 0.15) is 24.1 Å². The van der Waals surface area contributed by atoms with Gasteiger partial charge >= 0.3 is 0 Å². The molecule has 0 unspecified atom stereocenters. The first-order valence-corrected chi connectivity index (χ1v) is 6.25. The van der Waals surface area contributed by atoms with Gasteiger partial charge in [-0.05, 0) is 6.92 Å². The van der Waals surface area contributed by atoms with Crippen LogP contribution in [0.2, 0.25) is 0 Å². The number of nitrogens with one attached hydrogen (secondary N) is 1. The minimum absolute atomic E-state index is 0.156. The molecule has 2 aromatic heterocycles. The summed E-state index contributed by atoms with van der Waals surface area (Å²) in [5.41, 5.74) is 0.567. The summed E-state index contributed by atoms with van der Waals surface area (Å²) in [4.78, 5) is 7.87. The van der Waals surface area contributed by atoms with E-state index >= 15 is 0 Å². The Morgan fingerprint density at radius 2 is 2.24 bits per heavy atom. The molecule has 10 heteroatoms. The van der Waals surface area contributed by atoms with Crippen LogP contribution in [0.4, 0.5) is 5.82 Å². The predicted octanol–water partition coefficient (Wildman–Crippen LogP) is -1.37. The zero-order valence-electron chi connectivity index (χ0n) is 11.1. The fourth-order valence-electron chi connectivity index (χ4n) is 2.47. The molecule has 10 nitrogen and oxygen atoms in total. The maximum absolute atomic E-state index is 10.4. The molecule has 114 valence electrons. The molecule has 1 aliphatic heterocycles. The van der Waals surface area contributed by atoms with E-state index in [0.717, 1.165) is 0 Å². The molecule has 0 aliphatic carbocycles. The number of anilines is 1. The van der Waals surface area contributed by atoms with Crippen LogP contribution in [0, 0.1) is 0 Å². The van der Waals surface area contributed by atoms with E-state index in [1.165, 1.54) is 24.1 Å². The smallest absolute Gasteiger partial charge is 0.183 e. The van der Waals surface area contributed by atoms with Gasteiger partial charge in [-0.1, -0.05) is 0 Å². The number of hydrogen-bond acceptors (Lipinski definition) is 9. The van der Waals surface area contributed by atoms with Gasteiger partial charge in [-0.15, -0.1) is 0 Å². The molecule has 3 heterocycles. The van der Waals surface area contributed by atoms with Crippen molar-refractivity contribution >= 4 is 16.9 Å². The number of aliphatic hydroxyl groups excluding tert-OH is 2. The Hall–Kier alpha value is -1.85. The zero-order chi connectivity index (χ0) is 15.2. The van der Waals surface area contributed by atoms with Crippen LogP contribution in [0.25, 0.3) is 11.0 Å². The number of hydrogen-bond donors (Lipinski definition) is 5. The van der Waals surface area contributed by atoms with Gasteiger partial charge in [0.25, 0.3) is 0 Å². The van der Waals surface area contributed by atoms with Gasteiger partial charge in [0.2, 0.25) is 0 Å². The number of aliphatic hydroxyl groups is 3. The molecule has 0 saturated carbocycles. The van der Waals surface area contributed by atoms with Crippen LogP contribution in [0.15, 0.2) is 12.5 Å². The summed E-state index contributed by atoms with van der Waals surface area (Å²) < 4.78 is 6.75. The highest BCUT2D eigenvalue weighted by Gasteiger charge is 2.53. The summed E-state index contributed by atoms with van der Waals surface area (Å²) in [5, 5.41) is 43.1. The minimum atomic E-state index is -1.66. The summed E-state index contributed by atoms with van der Waals surface area (Å²) >= 11 is 0. The monoisotopic (exact) mass is 297 g/mol. The first kappa shape index (κ1) is 14.1. The molecule has 0 spiro atoms. The Balaban J connectivity index is 2.09. The van der Waals surface area contributed by atoms with Gasteiger partial charge < -0.3 is 20.1 Å². The van der Waals surface area contributed by atoms with Crippen LogP contribution in [0.3, 0.4) is 0 Å². The minimum Gasteiger partial charge on any atom is -0.394 e.